The lowest BCUT2D eigenvalue weighted by molar-refractivity contribution is 0.239. The van der Waals surface area contributed by atoms with E-state index in [4.69, 9.17) is 5.73 Å². The van der Waals surface area contributed by atoms with Crippen molar-refractivity contribution in [1.29, 1.82) is 0 Å². The average molecular weight is 201 g/mol. The summed E-state index contributed by atoms with van der Waals surface area (Å²) in [5.41, 5.74) is 9.54. The zero-order chi connectivity index (χ0) is 10.5. The van der Waals surface area contributed by atoms with Crippen molar-refractivity contribution in [2.45, 2.75) is 44.1 Å². The Morgan fingerprint density at radius 1 is 1.27 bits per heavy atom. The third-order valence-corrected chi connectivity index (χ3v) is 4.54. The van der Waals surface area contributed by atoms with Crippen LogP contribution in [0.3, 0.4) is 0 Å². The Labute approximate surface area is 91.7 Å². The van der Waals surface area contributed by atoms with E-state index in [0.717, 1.165) is 5.92 Å². The SMILES string of the molecule is Cc1ccccc1C1(C2CCC2)C[C@H]1N. The van der Waals surface area contributed by atoms with Crippen LogP contribution in [0.25, 0.3) is 0 Å². The summed E-state index contributed by atoms with van der Waals surface area (Å²) in [6.45, 7) is 2.22. The van der Waals surface area contributed by atoms with E-state index in [9.17, 15) is 0 Å². The molecule has 2 fully saturated rings. The number of benzene rings is 1. The Balaban J connectivity index is 2.01. The number of rotatable bonds is 2. The third-order valence-electron chi connectivity index (χ3n) is 4.54. The highest BCUT2D eigenvalue weighted by Gasteiger charge is 2.59. The Morgan fingerprint density at radius 3 is 2.40 bits per heavy atom. The summed E-state index contributed by atoms with van der Waals surface area (Å²) < 4.78 is 0. The van der Waals surface area contributed by atoms with Gasteiger partial charge in [0.2, 0.25) is 0 Å². The lowest BCUT2D eigenvalue weighted by atomic mass is 9.69. The van der Waals surface area contributed by atoms with E-state index in [1.807, 2.05) is 0 Å². The van der Waals surface area contributed by atoms with Gasteiger partial charge in [0.15, 0.2) is 0 Å². The molecule has 1 aromatic carbocycles. The van der Waals surface area contributed by atoms with Crippen molar-refractivity contribution in [3.05, 3.63) is 35.4 Å². The molecule has 2 saturated carbocycles. The van der Waals surface area contributed by atoms with Gasteiger partial charge in [0.25, 0.3) is 0 Å². The van der Waals surface area contributed by atoms with Crippen LogP contribution in [0.1, 0.15) is 36.8 Å². The summed E-state index contributed by atoms with van der Waals surface area (Å²) in [6.07, 6.45) is 5.40. The fourth-order valence-corrected chi connectivity index (χ4v) is 3.32. The monoisotopic (exact) mass is 201 g/mol. The van der Waals surface area contributed by atoms with Crippen LogP contribution in [0.2, 0.25) is 0 Å². The van der Waals surface area contributed by atoms with Crippen molar-refractivity contribution in [3.8, 4) is 0 Å². The normalized spacial score (nSPS) is 34.9. The quantitative estimate of drug-likeness (QED) is 0.782. The van der Waals surface area contributed by atoms with Crippen molar-refractivity contribution in [2.24, 2.45) is 11.7 Å². The van der Waals surface area contributed by atoms with E-state index >= 15 is 0 Å². The van der Waals surface area contributed by atoms with E-state index in [1.54, 1.807) is 0 Å². The van der Waals surface area contributed by atoms with E-state index in [2.05, 4.69) is 31.2 Å². The van der Waals surface area contributed by atoms with Crippen LogP contribution in [0.15, 0.2) is 24.3 Å². The summed E-state index contributed by atoms with van der Waals surface area (Å²) in [6, 6.07) is 9.22. The highest BCUT2D eigenvalue weighted by atomic mass is 14.8. The van der Waals surface area contributed by atoms with E-state index < -0.39 is 0 Å². The number of hydrogen-bond acceptors (Lipinski definition) is 1. The molecule has 2 atom stereocenters. The van der Waals surface area contributed by atoms with Gasteiger partial charge >= 0.3 is 0 Å². The Morgan fingerprint density at radius 2 is 1.93 bits per heavy atom. The molecule has 2 N–H and O–H groups in total. The largest absolute Gasteiger partial charge is 0.327 e. The third kappa shape index (κ3) is 1.19. The maximum Gasteiger partial charge on any atom is 0.0150 e. The summed E-state index contributed by atoms with van der Waals surface area (Å²) in [7, 11) is 0. The summed E-state index contributed by atoms with van der Waals surface area (Å²) >= 11 is 0. The Kier molecular flexibility index (Phi) is 1.93. The van der Waals surface area contributed by atoms with Crippen LogP contribution in [-0.4, -0.2) is 6.04 Å². The van der Waals surface area contributed by atoms with Gasteiger partial charge in [0.1, 0.15) is 0 Å². The van der Waals surface area contributed by atoms with Gasteiger partial charge in [-0.15, -0.1) is 0 Å². The first-order chi connectivity index (χ1) is 7.25. The zero-order valence-electron chi connectivity index (χ0n) is 9.37. The molecule has 0 aliphatic heterocycles. The van der Waals surface area contributed by atoms with E-state index in [1.165, 1.54) is 36.8 Å². The summed E-state index contributed by atoms with van der Waals surface area (Å²) in [5, 5.41) is 0. The molecule has 80 valence electrons. The molecule has 0 spiro atoms. The van der Waals surface area contributed by atoms with Gasteiger partial charge < -0.3 is 5.73 Å². The predicted octanol–water partition coefficient (Wildman–Crippen LogP) is 2.76. The molecule has 1 unspecified atom stereocenters. The lowest BCUT2D eigenvalue weighted by Crippen LogP contribution is -2.33. The summed E-state index contributed by atoms with van der Waals surface area (Å²) in [4.78, 5) is 0. The molecule has 1 aromatic rings. The molecule has 0 radical (unpaired) electrons. The molecule has 15 heavy (non-hydrogen) atoms. The van der Waals surface area contributed by atoms with Crippen molar-refractivity contribution in [1.82, 2.24) is 0 Å². The average Bonchev–Trinajstić information content (AvgIpc) is 2.76. The maximum atomic E-state index is 6.21. The van der Waals surface area contributed by atoms with Gasteiger partial charge in [-0.3, -0.25) is 0 Å². The molecule has 1 heteroatoms. The van der Waals surface area contributed by atoms with E-state index in [-0.39, 0.29) is 0 Å². The molecular formula is C14H19N. The minimum atomic E-state index is 0.365. The minimum Gasteiger partial charge on any atom is -0.327 e. The van der Waals surface area contributed by atoms with Crippen molar-refractivity contribution in [2.75, 3.05) is 0 Å². The lowest BCUT2D eigenvalue weighted by Gasteiger charge is -2.36. The number of hydrogen-bond donors (Lipinski definition) is 1. The Bertz CT molecular complexity index is 381. The van der Waals surface area contributed by atoms with Gasteiger partial charge in [0.05, 0.1) is 0 Å². The first-order valence-electron chi connectivity index (χ1n) is 6.07. The first kappa shape index (κ1) is 9.41. The van der Waals surface area contributed by atoms with Crippen LogP contribution in [-0.2, 0) is 5.41 Å². The van der Waals surface area contributed by atoms with Crippen molar-refractivity contribution in [3.63, 3.8) is 0 Å². The van der Waals surface area contributed by atoms with Crippen LogP contribution >= 0.6 is 0 Å². The van der Waals surface area contributed by atoms with Crippen LogP contribution < -0.4 is 5.73 Å². The fourth-order valence-electron chi connectivity index (χ4n) is 3.32. The predicted molar refractivity (Wildman–Crippen MR) is 62.8 cm³/mol. The topological polar surface area (TPSA) is 26.0 Å². The molecular weight excluding hydrogens is 182 g/mol. The van der Waals surface area contributed by atoms with Crippen LogP contribution in [0.4, 0.5) is 0 Å². The second kappa shape index (κ2) is 3.08. The zero-order valence-corrected chi connectivity index (χ0v) is 9.37. The second-order valence-corrected chi connectivity index (χ2v) is 5.29. The molecule has 0 amide bonds. The second-order valence-electron chi connectivity index (χ2n) is 5.29. The van der Waals surface area contributed by atoms with Gasteiger partial charge in [-0.2, -0.15) is 0 Å². The highest BCUT2D eigenvalue weighted by Crippen LogP contribution is 2.59. The van der Waals surface area contributed by atoms with Crippen molar-refractivity contribution < 1.29 is 0 Å². The molecule has 1 nitrogen and oxygen atoms in total. The van der Waals surface area contributed by atoms with Gasteiger partial charge in [-0.25, -0.2) is 0 Å². The van der Waals surface area contributed by atoms with Gasteiger partial charge in [0, 0.05) is 11.5 Å². The minimum absolute atomic E-state index is 0.365. The molecule has 0 bridgehead atoms. The number of nitrogens with two attached hydrogens (primary N) is 1. The van der Waals surface area contributed by atoms with E-state index in [0.29, 0.717) is 11.5 Å². The molecule has 0 saturated heterocycles. The number of aryl methyl sites for hydroxylation is 1. The molecule has 2 aliphatic carbocycles. The molecule has 2 aliphatic rings. The van der Waals surface area contributed by atoms with Crippen LogP contribution in [0, 0.1) is 12.8 Å². The smallest absolute Gasteiger partial charge is 0.0150 e. The highest BCUT2D eigenvalue weighted by molar-refractivity contribution is 5.42. The fraction of sp³-hybridized carbons (Fsp3) is 0.571. The maximum absolute atomic E-state index is 6.21. The molecule has 0 heterocycles. The Hall–Kier alpha value is -0.820. The van der Waals surface area contributed by atoms with Crippen molar-refractivity contribution >= 4 is 0 Å². The first-order valence-corrected chi connectivity index (χ1v) is 6.07. The molecule has 3 rings (SSSR count). The molecule has 0 aromatic heterocycles. The van der Waals surface area contributed by atoms with Gasteiger partial charge in [-0.1, -0.05) is 30.7 Å². The van der Waals surface area contributed by atoms with Crippen LogP contribution in [0.5, 0.6) is 0 Å². The standard InChI is InChI=1S/C14H19N/c1-10-5-2-3-8-12(10)14(9-13(14)15)11-6-4-7-11/h2-3,5,8,11,13H,4,6-7,9,15H2,1H3/t13-,14?/m1/s1. The summed E-state index contributed by atoms with van der Waals surface area (Å²) in [5.74, 6) is 0.869. The van der Waals surface area contributed by atoms with Gasteiger partial charge in [-0.05, 0) is 43.2 Å².